The van der Waals surface area contributed by atoms with E-state index in [1.165, 1.54) is 17.6 Å². The van der Waals surface area contributed by atoms with Crippen LogP contribution in [0.3, 0.4) is 0 Å². The van der Waals surface area contributed by atoms with E-state index in [2.05, 4.69) is 6.92 Å². The minimum Gasteiger partial charge on any atom is -0.507 e. The van der Waals surface area contributed by atoms with E-state index in [0.717, 1.165) is 19.5 Å². The normalized spacial score (nSPS) is 18.4. The van der Waals surface area contributed by atoms with Crippen LogP contribution in [0, 0.1) is 5.92 Å². The summed E-state index contributed by atoms with van der Waals surface area (Å²) in [7, 11) is 0. The summed E-state index contributed by atoms with van der Waals surface area (Å²) in [5.74, 6) is 0.793. The second kappa shape index (κ2) is 9.44. The zero-order valence-corrected chi connectivity index (χ0v) is 18.3. The standard InChI is InChI=1S/C25H27NO6/c1-3-30-25(29)17-6-8-18(9-7-17)32-22-15-31-24-19(23(22)28)10-11-21(27)20(24)14-26-12-4-5-16(2)13-26/h6-11,15-16,27H,3-5,12-14H2,1-2H3/p+1/t16-/m1/s1. The van der Waals surface area contributed by atoms with Crippen LogP contribution in [-0.2, 0) is 11.3 Å². The lowest BCUT2D eigenvalue weighted by atomic mass is 9.99. The van der Waals surface area contributed by atoms with Gasteiger partial charge in [-0.15, -0.1) is 0 Å². The molecule has 1 unspecified atom stereocenters. The number of benzene rings is 2. The first kappa shape index (κ1) is 21.9. The van der Waals surface area contributed by atoms with Gasteiger partial charge in [0.15, 0.2) is 5.58 Å². The lowest BCUT2D eigenvalue weighted by molar-refractivity contribution is -0.922. The monoisotopic (exact) mass is 438 g/mol. The average Bonchev–Trinajstić information content (AvgIpc) is 2.78. The zero-order valence-electron chi connectivity index (χ0n) is 18.3. The van der Waals surface area contributed by atoms with Gasteiger partial charge in [-0.05, 0) is 56.2 Å². The molecule has 1 aliphatic rings. The highest BCUT2D eigenvalue weighted by atomic mass is 16.5. The molecule has 0 amide bonds. The number of fused-ring (bicyclic) bond motifs is 1. The fourth-order valence-electron chi connectivity index (χ4n) is 4.28. The number of ether oxygens (including phenoxy) is 2. The molecule has 0 spiro atoms. The van der Waals surface area contributed by atoms with Crippen molar-refractivity contribution in [1.82, 2.24) is 0 Å². The number of quaternary nitrogens is 1. The van der Waals surface area contributed by atoms with Crippen molar-refractivity contribution in [3.05, 3.63) is 64.0 Å². The summed E-state index contributed by atoms with van der Waals surface area (Å²) in [6.07, 6.45) is 3.65. The number of phenols is 1. The summed E-state index contributed by atoms with van der Waals surface area (Å²) < 4.78 is 16.5. The van der Waals surface area contributed by atoms with Crippen molar-refractivity contribution < 1.29 is 28.7 Å². The molecule has 1 aliphatic heterocycles. The molecule has 7 nitrogen and oxygen atoms in total. The minimum atomic E-state index is -0.415. The number of piperidine rings is 1. The van der Waals surface area contributed by atoms with E-state index in [0.29, 0.717) is 46.9 Å². The van der Waals surface area contributed by atoms with Crippen LogP contribution in [0.25, 0.3) is 11.0 Å². The Morgan fingerprint density at radius 1 is 1.22 bits per heavy atom. The first-order valence-electron chi connectivity index (χ1n) is 11.0. The Labute approximate surface area is 186 Å². The molecule has 0 saturated carbocycles. The maximum atomic E-state index is 13.1. The smallest absolute Gasteiger partial charge is 0.338 e. The molecule has 7 heteroatoms. The third kappa shape index (κ3) is 4.62. The number of carbonyl (C=O) groups excluding carboxylic acids is 1. The van der Waals surface area contributed by atoms with E-state index in [-0.39, 0.29) is 16.9 Å². The Bertz CT molecular complexity index is 1170. The van der Waals surface area contributed by atoms with Crippen LogP contribution in [0.1, 0.15) is 42.6 Å². The molecule has 2 heterocycles. The number of hydrogen-bond donors (Lipinski definition) is 2. The molecule has 3 aromatic rings. The Morgan fingerprint density at radius 2 is 2.00 bits per heavy atom. The number of carbonyl (C=O) groups is 1. The van der Waals surface area contributed by atoms with Gasteiger partial charge >= 0.3 is 5.97 Å². The average molecular weight is 439 g/mol. The molecule has 2 aromatic carbocycles. The highest BCUT2D eigenvalue weighted by Crippen LogP contribution is 2.28. The van der Waals surface area contributed by atoms with Gasteiger partial charge in [0.2, 0.25) is 11.2 Å². The lowest BCUT2D eigenvalue weighted by Crippen LogP contribution is -3.12. The highest BCUT2D eigenvalue weighted by Gasteiger charge is 2.24. The molecule has 0 bridgehead atoms. The minimum absolute atomic E-state index is 0.0389. The summed E-state index contributed by atoms with van der Waals surface area (Å²) in [4.78, 5) is 26.2. The van der Waals surface area contributed by atoms with E-state index >= 15 is 0 Å². The molecule has 4 rings (SSSR count). The van der Waals surface area contributed by atoms with E-state index in [1.54, 1.807) is 43.3 Å². The third-order valence-corrected chi connectivity index (χ3v) is 5.87. The van der Waals surface area contributed by atoms with Crippen molar-refractivity contribution >= 4 is 16.9 Å². The number of phenolic OH excluding ortho intramolecular Hbond substituents is 1. The van der Waals surface area contributed by atoms with Crippen molar-refractivity contribution in [1.29, 1.82) is 0 Å². The Hall–Kier alpha value is -3.32. The number of likely N-dealkylation sites (tertiary alicyclic amines) is 1. The largest absolute Gasteiger partial charge is 0.507 e. The van der Waals surface area contributed by atoms with E-state index in [9.17, 15) is 14.7 Å². The quantitative estimate of drug-likeness (QED) is 0.574. The van der Waals surface area contributed by atoms with E-state index < -0.39 is 5.97 Å². The second-order valence-corrected chi connectivity index (χ2v) is 8.34. The molecule has 1 saturated heterocycles. The summed E-state index contributed by atoms with van der Waals surface area (Å²) in [6.45, 7) is 6.95. The van der Waals surface area contributed by atoms with Gasteiger partial charge in [-0.1, -0.05) is 6.92 Å². The molecule has 2 atom stereocenters. The van der Waals surface area contributed by atoms with Gasteiger partial charge in [0.25, 0.3) is 0 Å². The van der Waals surface area contributed by atoms with Crippen molar-refractivity contribution in [3.63, 3.8) is 0 Å². The first-order chi connectivity index (χ1) is 15.5. The predicted molar refractivity (Wildman–Crippen MR) is 119 cm³/mol. The fraction of sp³-hybridized carbons (Fsp3) is 0.360. The van der Waals surface area contributed by atoms with Gasteiger partial charge in [-0.2, -0.15) is 0 Å². The van der Waals surface area contributed by atoms with E-state index in [1.807, 2.05) is 0 Å². The summed E-state index contributed by atoms with van der Waals surface area (Å²) in [5, 5.41) is 10.8. The SMILES string of the molecule is CCOC(=O)c1ccc(Oc2coc3c(C[NH+]4CCC[C@@H](C)C4)c(O)ccc3c2=O)cc1. The van der Waals surface area contributed by atoms with Crippen molar-refractivity contribution in [2.75, 3.05) is 19.7 Å². The Balaban J connectivity index is 1.59. The lowest BCUT2D eigenvalue weighted by Gasteiger charge is -2.28. The van der Waals surface area contributed by atoms with Crippen molar-refractivity contribution in [2.24, 2.45) is 5.92 Å². The Morgan fingerprint density at radius 3 is 2.72 bits per heavy atom. The number of hydrogen-bond acceptors (Lipinski definition) is 6. The summed E-state index contributed by atoms with van der Waals surface area (Å²) in [5.41, 5.74) is 1.13. The topological polar surface area (TPSA) is 90.4 Å². The molecule has 0 aliphatic carbocycles. The molecule has 168 valence electrons. The first-order valence-corrected chi connectivity index (χ1v) is 11.0. The molecule has 2 N–H and O–H groups in total. The van der Waals surface area contributed by atoms with Crippen LogP contribution in [0.5, 0.6) is 17.2 Å². The molecule has 1 aromatic heterocycles. The predicted octanol–water partition coefficient (Wildman–Crippen LogP) is 3.28. The van der Waals surface area contributed by atoms with Crippen molar-refractivity contribution in [2.45, 2.75) is 33.2 Å². The van der Waals surface area contributed by atoms with Gasteiger partial charge in [0.05, 0.1) is 36.2 Å². The van der Waals surface area contributed by atoms with Crippen LogP contribution in [0.15, 0.2) is 51.9 Å². The maximum Gasteiger partial charge on any atom is 0.338 e. The number of rotatable bonds is 6. The van der Waals surface area contributed by atoms with Crippen LogP contribution < -0.4 is 15.1 Å². The molecule has 0 radical (unpaired) electrons. The van der Waals surface area contributed by atoms with Crippen LogP contribution in [0.2, 0.25) is 0 Å². The van der Waals surface area contributed by atoms with Crippen LogP contribution in [0.4, 0.5) is 0 Å². The highest BCUT2D eigenvalue weighted by molar-refractivity contribution is 5.89. The summed E-state index contributed by atoms with van der Waals surface area (Å²) >= 11 is 0. The van der Waals surface area contributed by atoms with Crippen molar-refractivity contribution in [3.8, 4) is 17.2 Å². The van der Waals surface area contributed by atoms with Gasteiger partial charge < -0.3 is 23.9 Å². The molecule has 1 fully saturated rings. The second-order valence-electron chi connectivity index (χ2n) is 8.34. The van der Waals surface area contributed by atoms with Gasteiger partial charge in [0, 0.05) is 5.92 Å². The number of esters is 1. The summed E-state index contributed by atoms with van der Waals surface area (Å²) in [6, 6.07) is 9.45. The zero-order chi connectivity index (χ0) is 22.7. The number of aromatic hydroxyl groups is 1. The maximum absolute atomic E-state index is 13.1. The molecular formula is C25H28NO6+. The number of nitrogens with one attached hydrogen (secondary N) is 1. The Kier molecular flexibility index (Phi) is 6.46. The third-order valence-electron chi connectivity index (χ3n) is 5.87. The fourth-order valence-corrected chi connectivity index (χ4v) is 4.28. The molecule has 32 heavy (non-hydrogen) atoms. The van der Waals surface area contributed by atoms with Crippen LogP contribution >= 0.6 is 0 Å². The van der Waals surface area contributed by atoms with Crippen LogP contribution in [-0.4, -0.2) is 30.8 Å². The van der Waals surface area contributed by atoms with Gasteiger partial charge in [0.1, 0.15) is 24.3 Å². The van der Waals surface area contributed by atoms with Gasteiger partial charge in [-0.25, -0.2) is 4.79 Å². The molecular weight excluding hydrogens is 410 g/mol. The van der Waals surface area contributed by atoms with E-state index in [4.69, 9.17) is 13.9 Å². The van der Waals surface area contributed by atoms with Gasteiger partial charge in [-0.3, -0.25) is 4.79 Å².